The molecule has 184 valence electrons. The number of tetrazole rings is 1. The third kappa shape index (κ3) is 5.37. The van der Waals surface area contributed by atoms with Crippen molar-refractivity contribution in [1.29, 1.82) is 0 Å². The van der Waals surface area contributed by atoms with Crippen LogP contribution in [0.4, 0.5) is 0 Å². The summed E-state index contributed by atoms with van der Waals surface area (Å²) >= 11 is 0. The van der Waals surface area contributed by atoms with Crippen molar-refractivity contribution in [2.75, 3.05) is 19.8 Å². The van der Waals surface area contributed by atoms with Gasteiger partial charge in [0.1, 0.15) is 0 Å². The topological polar surface area (TPSA) is 109 Å². The van der Waals surface area contributed by atoms with Crippen LogP contribution < -0.4 is 5.56 Å². The lowest BCUT2D eigenvalue weighted by Crippen LogP contribution is -2.34. The van der Waals surface area contributed by atoms with Crippen molar-refractivity contribution in [2.45, 2.75) is 78.1 Å². The molecule has 1 aliphatic heterocycles. The number of nitrogens with one attached hydrogen (secondary N) is 1. The van der Waals surface area contributed by atoms with Crippen LogP contribution in [0.1, 0.15) is 67.6 Å². The molecular weight excluding hydrogens is 432 g/mol. The van der Waals surface area contributed by atoms with E-state index in [0.717, 1.165) is 60.1 Å². The van der Waals surface area contributed by atoms with Crippen molar-refractivity contribution in [3.8, 4) is 0 Å². The van der Waals surface area contributed by atoms with E-state index in [1.165, 1.54) is 0 Å². The van der Waals surface area contributed by atoms with Gasteiger partial charge in [0.15, 0.2) is 5.82 Å². The molecule has 1 aliphatic rings. The molecule has 3 aromatic rings. The number of fused-ring (bicyclic) bond motifs is 1. The van der Waals surface area contributed by atoms with Gasteiger partial charge < -0.3 is 14.8 Å². The molecule has 0 radical (unpaired) electrons. The first-order valence-electron chi connectivity index (χ1n) is 12.4. The number of hydrogen-bond acceptors (Lipinski definition) is 7. The van der Waals surface area contributed by atoms with Gasteiger partial charge in [-0.1, -0.05) is 25.5 Å². The molecule has 3 heterocycles. The Kier molecular flexibility index (Phi) is 8.07. The molecule has 0 aliphatic carbocycles. The lowest BCUT2D eigenvalue weighted by Gasteiger charge is -2.31. The highest BCUT2D eigenvalue weighted by Crippen LogP contribution is 2.28. The average Bonchev–Trinajstić information content (AvgIpc) is 3.51. The molecule has 1 aromatic carbocycles. The summed E-state index contributed by atoms with van der Waals surface area (Å²) in [6, 6.07) is 6.07. The summed E-state index contributed by atoms with van der Waals surface area (Å²) in [6.45, 7) is 8.80. The van der Waals surface area contributed by atoms with Crippen molar-refractivity contribution in [1.82, 2.24) is 30.1 Å². The van der Waals surface area contributed by atoms with E-state index in [1.54, 1.807) is 0 Å². The van der Waals surface area contributed by atoms with E-state index in [0.29, 0.717) is 31.6 Å². The van der Waals surface area contributed by atoms with Crippen molar-refractivity contribution in [2.24, 2.45) is 0 Å². The number of benzene rings is 1. The summed E-state index contributed by atoms with van der Waals surface area (Å²) in [5.74, 6) is 0.791. The summed E-state index contributed by atoms with van der Waals surface area (Å²) in [5.41, 5.74) is 3.70. The zero-order valence-electron chi connectivity index (χ0n) is 20.5. The predicted molar refractivity (Wildman–Crippen MR) is 131 cm³/mol. The molecule has 4 rings (SSSR count). The minimum atomic E-state index is -0.0793. The number of hydrogen-bond donors (Lipinski definition) is 2. The molecule has 2 N–H and O–H groups in total. The van der Waals surface area contributed by atoms with Gasteiger partial charge in [0, 0.05) is 37.3 Å². The second kappa shape index (κ2) is 11.2. The zero-order valence-corrected chi connectivity index (χ0v) is 20.5. The molecule has 1 saturated heterocycles. The first-order valence-corrected chi connectivity index (χ1v) is 12.4. The van der Waals surface area contributed by atoms with E-state index in [4.69, 9.17) is 4.74 Å². The number of aromatic amines is 1. The summed E-state index contributed by atoms with van der Waals surface area (Å²) < 4.78 is 7.67. The average molecular weight is 469 g/mol. The van der Waals surface area contributed by atoms with Gasteiger partial charge in [0.05, 0.1) is 24.2 Å². The predicted octanol–water partition coefficient (Wildman–Crippen LogP) is 3.04. The van der Waals surface area contributed by atoms with Crippen LogP contribution in [0.3, 0.4) is 0 Å². The van der Waals surface area contributed by atoms with E-state index in [-0.39, 0.29) is 24.3 Å². The fourth-order valence-electron chi connectivity index (χ4n) is 4.88. The summed E-state index contributed by atoms with van der Waals surface area (Å²) in [4.78, 5) is 18.4. The maximum Gasteiger partial charge on any atom is 0.252 e. The number of pyridine rings is 1. The number of aryl methyl sites for hydroxylation is 2. The van der Waals surface area contributed by atoms with Gasteiger partial charge in [-0.3, -0.25) is 9.69 Å². The number of nitrogens with zero attached hydrogens (tertiary/aromatic N) is 5. The molecule has 2 aromatic heterocycles. The number of aromatic nitrogens is 5. The van der Waals surface area contributed by atoms with E-state index in [1.807, 2.05) is 23.7 Å². The largest absolute Gasteiger partial charge is 0.396 e. The minimum absolute atomic E-state index is 0.0679. The summed E-state index contributed by atoms with van der Waals surface area (Å²) in [6.07, 6.45) is 4.60. The van der Waals surface area contributed by atoms with Gasteiger partial charge >= 0.3 is 0 Å². The molecule has 9 nitrogen and oxygen atoms in total. The molecule has 0 amide bonds. The maximum absolute atomic E-state index is 13.1. The van der Waals surface area contributed by atoms with Gasteiger partial charge in [-0.05, 0) is 67.2 Å². The van der Waals surface area contributed by atoms with Crippen LogP contribution >= 0.6 is 0 Å². The molecule has 2 atom stereocenters. The highest BCUT2D eigenvalue weighted by Gasteiger charge is 2.28. The second-order valence-electron chi connectivity index (χ2n) is 9.32. The maximum atomic E-state index is 13.1. The van der Waals surface area contributed by atoms with Crippen molar-refractivity contribution < 1.29 is 9.84 Å². The number of aliphatic hydroxyl groups excluding tert-OH is 1. The standard InChI is InChI=1S/C25H36N6O3/c1-4-7-22(24-27-28-29-31(24)16-20-8-5-13-34-20)30(11-6-12-32)15-19-14-21-17(2)9-10-18(3)23(21)26-25(19)33/h9-10,14,20,22,32H,4-8,11-13,15-16H2,1-3H3,(H,26,33)/t20-,22-/m1/s1. The Bertz CT molecular complexity index is 1150. The Morgan fingerprint density at radius 1 is 1.32 bits per heavy atom. The van der Waals surface area contributed by atoms with Crippen LogP contribution in [0.2, 0.25) is 0 Å². The second-order valence-corrected chi connectivity index (χ2v) is 9.32. The third-order valence-electron chi connectivity index (χ3n) is 6.76. The molecule has 1 fully saturated rings. The Morgan fingerprint density at radius 3 is 2.88 bits per heavy atom. The van der Waals surface area contributed by atoms with E-state index in [2.05, 4.69) is 45.3 Å². The van der Waals surface area contributed by atoms with Crippen LogP contribution in [0.15, 0.2) is 23.0 Å². The molecule has 9 heteroatoms. The van der Waals surface area contributed by atoms with Crippen molar-refractivity contribution >= 4 is 10.9 Å². The molecule has 0 unspecified atom stereocenters. The minimum Gasteiger partial charge on any atom is -0.396 e. The van der Waals surface area contributed by atoms with Gasteiger partial charge in [0.25, 0.3) is 5.56 Å². The van der Waals surface area contributed by atoms with Gasteiger partial charge in [-0.25, -0.2) is 4.68 Å². The quantitative estimate of drug-likeness (QED) is 0.445. The Balaban J connectivity index is 1.67. The normalized spacial score (nSPS) is 17.1. The fraction of sp³-hybridized carbons (Fsp3) is 0.600. The Hall–Kier alpha value is -2.62. The van der Waals surface area contributed by atoms with Gasteiger partial charge in [-0.15, -0.1) is 5.10 Å². The van der Waals surface area contributed by atoms with Gasteiger partial charge in [-0.2, -0.15) is 0 Å². The zero-order chi connectivity index (χ0) is 24.1. The van der Waals surface area contributed by atoms with Crippen LogP contribution in [0.5, 0.6) is 0 Å². The van der Waals surface area contributed by atoms with Crippen molar-refractivity contribution in [3.63, 3.8) is 0 Å². The van der Waals surface area contributed by atoms with E-state index in [9.17, 15) is 9.90 Å². The van der Waals surface area contributed by atoms with E-state index < -0.39 is 0 Å². The van der Waals surface area contributed by atoms with Crippen LogP contribution in [-0.4, -0.2) is 61.1 Å². The number of H-pyrrole nitrogens is 1. The SMILES string of the molecule is CCC[C@H](c1nnnn1C[C@H]1CCCO1)N(CCCO)Cc1cc2c(C)ccc(C)c2[nH]c1=O. The van der Waals surface area contributed by atoms with Gasteiger partial charge in [0.2, 0.25) is 0 Å². The monoisotopic (exact) mass is 468 g/mol. The summed E-state index contributed by atoms with van der Waals surface area (Å²) in [7, 11) is 0. The first kappa shape index (κ1) is 24.5. The van der Waals surface area contributed by atoms with Crippen LogP contribution in [-0.2, 0) is 17.8 Å². The van der Waals surface area contributed by atoms with Crippen molar-refractivity contribution in [3.05, 3.63) is 51.1 Å². The first-order chi connectivity index (χ1) is 16.5. The smallest absolute Gasteiger partial charge is 0.252 e. The molecule has 34 heavy (non-hydrogen) atoms. The third-order valence-corrected chi connectivity index (χ3v) is 6.76. The number of rotatable bonds is 11. The highest BCUT2D eigenvalue weighted by molar-refractivity contribution is 5.85. The molecular formula is C25H36N6O3. The van der Waals surface area contributed by atoms with Crippen LogP contribution in [0, 0.1) is 13.8 Å². The number of aliphatic hydroxyl groups is 1. The molecule has 0 bridgehead atoms. The molecule has 0 spiro atoms. The summed E-state index contributed by atoms with van der Waals surface area (Å²) in [5, 5.41) is 23.3. The number of ether oxygens (including phenoxy) is 1. The lowest BCUT2D eigenvalue weighted by atomic mass is 10.0. The Morgan fingerprint density at radius 2 is 2.15 bits per heavy atom. The highest BCUT2D eigenvalue weighted by atomic mass is 16.5. The fourth-order valence-corrected chi connectivity index (χ4v) is 4.88. The van der Waals surface area contributed by atoms with E-state index >= 15 is 0 Å². The lowest BCUT2D eigenvalue weighted by molar-refractivity contribution is 0.0885. The molecule has 0 saturated carbocycles. The van der Waals surface area contributed by atoms with Crippen LogP contribution in [0.25, 0.3) is 10.9 Å². The Labute approximate surface area is 200 Å².